The standard InChI is InChI=1S/C15H16N4O5/c1-15(2,3)11-6-7-24-14(11)9-16-17-12-5-4-10(18(20)21)8-13(12)19(22)23/h4-9,17H,1-3H3. The maximum absolute atomic E-state index is 11.0. The van der Waals surface area contributed by atoms with E-state index in [1.807, 2.05) is 26.8 Å². The molecule has 126 valence electrons. The number of hydrogen-bond donors (Lipinski definition) is 1. The third kappa shape index (κ3) is 3.75. The Labute approximate surface area is 137 Å². The number of hydrogen-bond acceptors (Lipinski definition) is 7. The molecule has 1 aromatic heterocycles. The van der Waals surface area contributed by atoms with Crippen molar-refractivity contribution in [3.8, 4) is 0 Å². The molecular formula is C15H16N4O5. The molecule has 2 rings (SSSR count). The summed E-state index contributed by atoms with van der Waals surface area (Å²) in [5.74, 6) is 0.527. The fourth-order valence-electron chi connectivity index (χ4n) is 2.08. The zero-order valence-electron chi connectivity index (χ0n) is 13.3. The summed E-state index contributed by atoms with van der Waals surface area (Å²) in [6, 6.07) is 5.11. The molecule has 0 fully saturated rings. The van der Waals surface area contributed by atoms with Crippen LogP contribution in [-0.4, -0.2) is 16.1 Å². The van der Waals surface area contributed by atoms with Crippen LogP contribution in [0.1, 0.15) is 32.1 Å². The van der Waals surface area contributed by atoms with Crippen LogP contribution in [0.3, 0.4) is 0 Å². The molecule has 0 amide bonds. The van der Waals surface area contributed by atoms with Crippen molar-refractivity contribution in [3.63, 3.8) is 0 Å². The molecule has 0 radical (unpaired) electrons. The van der Waals surface area contributed by atoms with Crippen molar-refractivity contribution in [2.75, 3.05) is 5.43 Å². The van der Waals surface area contributed by atoms with Gasteiger partial charge in [0.2, 0.25) is 0 Å². The van der Waals surface area contributed by atoms with Gasteiger partial charge in [0.15, 0.2) is 0 Å². The lowest BCUT2D eigenvalue weighted by atomic mass is 9.87. The molecule has 0 spiro atoms. The predicted molar refractivity (Wildman–Crippen MR) is 88.4 cm³/mol. The Kier molecular flexibility index (Phi) is 4.63. The Morgan fingerprint density at radius 1 is 1.17 bits per heavy atom. The molecular weight excluding hydrogens is 316 g/mol. The smallest absolute Gasteiger partial charge is 0.301 e. The fraction of sp³-hybridized carbons (Fsp3) is 0.267. The van der Waals surface area contributed by atoms with E-state index in [-0.39, 0.29) is 16.8 Å². The van der Waals surface area contributed by atoms with Crippen LogP contribution < -0.4 is 5.43 Å². The van der Waals surface area contributed by atoms with Gasteiger partial charge in [-0.3, -0.25) is 25.7 Å². The first kappa shape index (κ1) is 17.1. The van der Waals surface area contributed by atoms with Gasteiger partial charge in [-0.15, -0.1) is 0 Å². The molecule has 24 heavy (non-hydrogen) atoms. The first-order valence-electron chi connectivity index (χ1n) is 7.00. The van der Waals surface area contributed by atoms with Crippen LogP contribution in [0.25, 0.3) is 0 Å². The lowest BCUT2D eigenvalue weighted by molar-refractivity contribution is -0.393. The van der Waals surface area contributed by atoms with Crippen molar-refractivity contribution < 1.29 is 14.3 Å². The first-order valence-corrected chi connectivity index (χ1v) is 7.00. The highest BCUT2D eigenvalue weighted by Gasteiger charge is 2.20. The van der Waals surface area contributed by atoms with Crippen LogP contribution in [0.15, 0.2) is 40.0 Å². The molecule has 0 aliphatic carbocycles. The molecule has 0 bridgehead atoms. The molecule has 0 saturated heterocycles. The van der Waals surface area contributed by atoms with E-state index in [1.54, 1.807) is 0 Å². The predicted octanol–water partition coefficient (Wildman–Crippen LogP) is 3.84. The summed E-state index contributed by atoms with van der Waals surface area (Å²) >= 11 is 0. The zero-order chi connectivity index (χ0) is 17.9. The van der Waals surface area contributed by atoms with E-state index in [1.165, 1.54) is 24.6 Å². The minimum atomic E-state index is -0.710. The van der Waals surface area contributed by atoms with Gasteiger partial charge in [0.1, 0.15) is 11.4 Å². The maximum Gasteiger partial charge on any atom is 0.301 e. The summed E-state index contributed by atoms with van der Waals surface area (Å²) in [7, 11) is 0. The first-order chi connectivity index (χ1) is 11.2. The summed E-state index contributed by atoms with van der Waals surface area (Å²) in [6.07, 6.45) is 2.95. The minimum Gasteiger partial charge on any atom is -0.463 e. The van der Waals surface area contributed by atoms with E-state index in [2.05, 4.69) is 10.5 Å². The average molecular weight is 332 g/mol. The highest BCUT2D eigenvalue weighted by atomic mass is 16.6. The topological polar surface area (TPSA) is 124 Å². The van der Waals surface area contributed by atoms with Gasteiger partial charge in [-0.2, -0.15) is 5.10 Å². The van der Waals surface area contributed by atoms with Gasteiger partial charge >= 0.3 is 5.69 Å². The van der Waals surface area contributed by atoms with Crippen LogP contribution in [0, 0.1) is 20.2 Å². The Morgan fingerprint density at radius 3 is 2.46 bits per heavy atom. The molecule has 0 aliphatic heterocycles. The van der Waals surface area contributed by atoms with E-state index in [4.69, 9.17) is 4.42 Å². The average Bonchev–Trinajstić information content (AvgIpc) is 2.95. The molecule has 1 heterocycles. The second-order valence-electron chi connectivity index (χ2n) is 6.03. The van der Waals surface area contributed by atoms with Crippen molar-refractivity contribution in [2.45, 2.75) is 26.2 Å². The highest BCUT2D eigenvalue weighted by molar-refractivity contribution is 5.79. The van der Waals surface area contributed by atoms with Crippen LogP contribution in [0.5, 0.6) is 0 Å². The number of nitro benzene ring substituents is 2. The number of rotatable bonds is 5. The molecule has 1 aromatic carbocycles. The molecule has 0 saturated carbocycles. The van der Waals surface area contributed by atoms with Crippen LogP contribution in [0.2, 0.25) is 0 Å². The quantitative estimate of drug-likeness (QED) is 0.504. The van der Waals surface area contributed by atoms with Gasteiger partial charge in [-0.1, -0.05) is 20.8 Å². The SMILES string of the molecule is CC(C)(C)c1ccoc1C=NNc1ccc([N+](=O)[O-])cc1[N+](=O)[O-]. The van der Waals surface area contributed by atoms with Crippen LogP contribution >= 0.6 is 0 Å². The Hall–Kier alpha value is -3.23. The second-order valence-corrected chi connectivity index (χ2v) is 6.03. The third-order valence-electron chi connectivity index (χ3n) is 3.26. The third-order valence-corrected chi connectivity index (χ3v) is 3.26. The van der Waals surface area contributed by atoms with E-state index < -0.39 is 15.5 Å². The summed E-state index contributed by atoms with van der Waals surface area (Å²) in [6.45, 7) is 6.05. The number of nitrogens with one attached hydrogen (secondary N) is 1. The van der Waals surface area contributed by atoms with Gasteiger partial charge in [0.25, 0.3) is 5.69 Å². The van der Waals surface area contributed by atoms with Crippen molar-refractivity contribution >= 4 is 23.3 Å². The molecule has 9 heteroatoms. The number of furan rings is 1. The second kappa shape index (κ2) is 6.49. The van der Waals surface area contributed by atoms with Crippen molar-refractivity contribution in [1.82, 2.24) is 0 Å². The summed E-state index contributed by atoms with van der Waals surface area (Å²) in [5.41, 5.74) is 2.56. The number of benzene rings is 1. The van der Waals surface area contributed by atoms with E-state index >= 15 is 0 Å². The largest absolute Gasteiger partial charge is 0.463 e. The highest BCUT2D eigenvalue weighted by Crippen LogP contribution is 2.29. The molecule has 9 nitrogen and oxygen atoms in total. The minimum absolute atomic E-state index is 0.0470. The Balaban J connectivity index is 2.25. The van der Waals surface area contributed by atoms with Crippen molar-refractivity contribution in [3.05, 3.63) is 62.1 Å². The van der Waals surface area contributed by atoms with E-state index in [0.29, 0.717) is 5.76 Å². The number of non-ortho nitro benzene ring substituents is 1. The number of hydrazone groups is 1. The Bertz CT molecular complexity index is 804. The normalized spacial score (nSPS) is 11.6. The molecule has 0 aliphatic rings. The number of nitro groups is 2. The van der Waals surface area contributed by atoms with E-state index in [0.717, 1.165) is 11.6 Å². The van der Waals surface area contributed by atoms with Crippen LogP contribution in [0.4, 0.5) is 17.1 Å². The lowest BCUT2D eigenvalue weighted by Gasteiger charge is -2.16. The number of anilines is 1. The Morgan fingerprint density at radius 2 is 1.88 bits per heavy atom. The fourth-order valence-corrected chi connectivity index (χ4v) is 2.08. The van der Waals surface area contributed by atoms with Crippen molar-refractivity contribution in [1.29, 1.82) is 0 Å². The van der Waals surface area contributed by atoms with Gasteiger partial charge in [-0.25, -0.2) is 0 Å². The molecule has 1 N–H and O–H groups in total. The maximum atomic E-state index is 11.0. The number of nitrogens with zero attached hydrogens (tertiary/aromatic N) is 3. The van der Waals surface area contributed by atoms with Crippen LogP contribution in [-0.2, 0) is 5.41 Å². The van der Waals surface area contributed by atoms with E-state index in [9.17, 15) is 20.2 Å². The summed E-state index contributed by atoms with van der Waals surface area (Å²) in [5, 5.41) is 25.7. The molecule has 0 unspecified atom stereocenters. The monoisotopic (exact) mass is 332 g/mol. The van der Waals surface area contributed by atoms with Crippen molar-refractivity contribution in [2.24, 2.45) is 5.10 Å². The molecule has 2 aromatic rings. The summed E-state index contributed by atoms with van der Waals surface area (Å²) in [4.78, 5) is 20.3. The van der Waals surface area contributed by atoms with Gasteiger partial charge < -0.3 is 4.42 Å². The van der Waals surface area contributed by atoms with Gasteiger partial charge in [-0.05, 0) is 17.5 Å². The molecule has 0 atom stereocenters. The zero-order valence-corrected chi connectivity index (χ0v) is 13.3. The van der Waals surface area contributed by atoms with Gasteiger partial charge in [0, 0.05) is 11.6 Å². The summed E-state index contributed by atoms with van der Waals surface area (Å²) < 4.78 is 5.34. The lowest BCUT2D eigenvalue weighted by Crippen LogP contribution is -2.12. The van der Waals surface area contributed by atoms with Gasteiger partial charge in [0.05, 0.1) is 28.4 Å².